The van der Waals surface area contributed by atoms with Crippen molar-refractivity contribution in [1.82, 2.24) is 0 Å². The molecule has 1 aliphatic rings. The predicted molar refractivity (Wildman–Crippen MR) is 41.0 cm³/mol. The maximum absolute atomic E-state index is 9.17. The normalized spacial score (nSPS) is 23.2. The first-order valence-electron chi connectivity index (χ1n) is 3.86. The van der Waals surface area contributed by atoms with Crippen molar-refractivity contribution in [3.05, 3.63) is 0 Å². The second kappa shape index (κ2) is 6.75. The molecule has 0 aliphatic carbocycles. The van der Waals surface area contributed by atoms with Gasteiger partial charge in [-0.3, -0.25) is 0 Å². The third-order valence-corrected chi connectivity index (χ3v) is 1.32. The van der Waals surface area contributed by atoms with Crippen molar-refractivity contribution in [2.45, 2.75) is 39.2 Å². The van der Waals surface area contributed by atoms with Crippen LogP contribution < -0.4 is 0 Å². The summed E-state index contributed by atoms with van der Waals surface area (Å²) in [6.45, 7) is 4.92. The summed E-state index contributed by atoms with van der Waals surface area (Å²) in [7, 11) is 0. The van der Waals surface area contributed by atoms with Crippen LogP contribution in [0.25, 0.3) is 0 Å². The Morgan fingerprint density at radius 1 is 1.70 bits per heavy atom. The molecule has 2 heteroatoms. The Hall–Kier alpha value is -0.370. The van der Waals surface area contributed by atoms with E-state index >= 15 is 0 Å². The Labute approximate surface area is 62.6 Å². The van der Waals surface area contributed by atoms with E-state index in [1.165, 1.54) is 12.8 Å². The van der Waals surface area contributed by atoms with Crippen LogP contribution in [0.3, 0.4) is 0 Å². The molecule has 1 atom stereocenters. The summed E-state index contributed by atoms with van der Waals surface area (Å²) in [4.78, 5) is 9.17. The van der Waals surface area contributed by atoms with Crippen LogP contribution in [-0.2, 0) is 9.53 Å². The molecule has 1 rings (SSSR count). The summed E-state index contributed by atoms with van der Waals surface area (Å²) >= 11 is 0. The molecule has 0 saturated carbocycles. The standard InChI is InChI=1S/C5H10O.C3H6O/c1-5-3-2-4-6-5;1-2-3-4/h5H,2-4H2,1H3;3H,2H2,1H3. The largest absolute Gasteiger partial charge is 0.379 e. The van der Waals surface area contributed by atoms with E-state index in [9.17, 15) is 4.79 Å². The first-order valence-corrected chi connectivity index (χ1v) is 3.86. The monoisotopic (exact) mass is 144 g/mol. The van der Waals surface area contributed by atoms with Crippen molar-refractivity contribution in [3.63, 3.8) is 0 Å². The van der Waals surface area contributed by atoms with Gasteiger partial charge in [-0.2, -0.15) is 0 Å². The molecule has 10 heavy (non-hydrogen) atoms. The zero-order valence-electron chi connectivity index (χ0n) is 6.80. The summed E-state index contributed by atoms with van der Waals surface area (Å²) in [5.74, 6) is 0. The molecule has 1 saturated heterocycles. The average molecular weight is 144 g/mol. The smallest absolute Gasteiger partial charge is 0.119 e. The van der Waals surface area contributed by atoms with Crippen LogP contribution in [0.2, 0.25) is 0 Å². The molecule has 2 nitrogen and oxygen atoms in total. The molecule has 0 radical (unpaired) electrons. The fraction of sp³-hybridized carbons (Fsp3) is 0.875. The Balaban J connectivity index is 0.000000180. The molecule has 0 spiro atoms. The lowest BCUT2D eigenvalue weighted by molar-refractivity contribution is -0.107. The van der Waals surface area contributed by atoms with Crippen molar-refractivity contribution < 1.29 is 9.53 Å². The minimum atomic E-state index is 0.546. The second-order valence-electron chi connectivity index (χ2n) is 2.40. The Bertz CT molecular complexity index is 75.3. The van der Waals surface area contributed by atoms with E-state index in [2.05, 4.69) is 6.92 Å². The number of aldehydes is 1. The summed E-state index contributed by atoms with van der Waals surface area (Å²) < 4.78 is 5.15. The molecule has 1 fully saturated rings. The molecular weight excluding hydrogens is 128 g/mol. The van der Waals surface area contributed by atoms with Gasteiger partial charge in [0.2, 0.25) is 0 Å². The highest BCUT2D eigenvalue weighted by Crippen LogP contribution is 2.09. The molecule has 0 aromatic heterocycles. The Morgan fingerprint density at radius 2 is 2.30 bits per heavy atom. The van der Waals surface area contributed by atoms with Gasteiger partial charge in [-0.1, -0.05) is 6.92 Å². The zero-order chi connectivity index (χ0) is 7.82. The number of ether oxygens (including phenoxy) is 1. The van der Waals surface area contributed by atoms with Gasteiger partial charge < -0.3 is 9.53 Å². The van der Waals surface area contributed by atoms with Gasteiger partial charge in [0, 0.05) is 13.0 Å². The fourth-order valence-corrected chi connectivity index (χ4v) is 0.739. The van der Waals surface area contributed by atoms with Crippen molar-refractivity contribution in [1.29, 1.82) is 0 Å². The summed E-state index contributed by atoms with van der Waals surface area (Å²) in [6.07, 6.45) is 4.59. The van der Waals surface area contributed by atoms with E-state index in [0.29, 0.717) is 12.5 Å². The molecule has 0 bridgehead atoms. The summed E-state index contributed by atoms with van der Waals surface area (Å²) in [6, 6.07) is 0. The average Bonchev–Trinajstić information content (AvgIpc) is 2.40. The molecule has 0 amide bonds. The van der Waals surface area contributed by atoms with Gasteiger partial charge >= 0.3 is 0 Å². The van der Waals surface area contributed by atoms with Gasteiger partial charge in [0.15, 0.2) is 0 Å². The van der Waals surface area contributed by atoms with E-state index in [4.69, 9.17) is 4.74 Å². The third-order valence-electron chi connectivity index (χ3n) is 1.32. The van der Waals surface area contributed by atoms with Crippen LogP contribution in [-0.4, -0.2) is 19.0 Å². The number of hydrogen-bond acceptors (Lipinski definition) is 2. The van der Waals surface area contributed by atoms with Crippen molar-refractivity contribution >= 4 is 6.29 Å². The van der Waals surface area contributed by atoms with Crippen LogP contribution in [0, 0.1) is 0 Å². The van der Waals surface area contributed by atoms with Gasteiger partial charge in [-0.05, 0) is 19.8 Å². The maximum Gasteiger partial charge on any atom is 0.119 e. The maximum atomic E-state index is 9.17. The highest BCUT2D eigenvalue weighted by Gasteiger charge is 2.07. The molecule has 1 heterocycles. The van der Waals surface area contributed by atoms with Gasteiger partial charge in [0.05, 0.1) is 6.10 Å². The van der Waals surface area contributed by atoms with Crippen LogP contribution in [0.5, 0.6) is 0 Å². The van der Waals surface area contributed by atoms with Gasteiger partial charge in [-0.25, -0.2) is 0 Å². The number of rotatable bonds is 1. The van der Waals surface area contributed by atoms with Crippen LogP contribution >= 0.6 is 0 Å². The van der Waals surface area contributed by atoms with E-state index in [1.54, 1.807) is 0 Å². The Morgan fingerprint density at radius 3 is 2.40 bits per heavy atom. The molecule has 0 N–H and O–H groups in total. The lowest BCUT2D eigenvalue weighted by atomic mass is 10.3. The number of hydrogen-bond donors (Lipinski definition) is 0. The lowest BCUT2D eigenvalue weighted by Crippen LogP contribution is -1.94. The predicted octanol–water partition coefficient (Wildman–Crippen LogP) is 1.78. The highest BCUT2D eigenvalue weighted by molar-refractivity contribution is 5.48. The number of carbonyl (C=O) groups is 1. The van der Waals surface area contributed by atoms with E-state index in [0.717, 1.165) is 12.9 Å². The summed E-state index contributed by atoms with van der Waals surface area (Å²) in [5.41, 5.74) is 0. The van der Waals surface area contributed by atoms with Crippen LogP contribution in [0.4, 0.5) is 0 Å². The quantitative estimate of drug-likeness (QED) is 0.524. The van der Waals surface area contributed by atoms with Crippen molar-refractivity contribution in [2.24, 2.45) is 0 Å². The first kappa shape index (κ1) is 9.63. The van der Waals surface area contributed by atoms with Gasteiger partial charge in [-0.15, -0.1) is 0 Å². The van der Waals surface area contributed by atoms with Gasteiger partial charge in [0.25, 0.3) is 0 Å². The number of carbonyl (C=O) groups excluding carboxylic acids is 1. The molecule has 60 valence electrons. The zero-order valence-corrected chi connectivity index (χ0v) is 6.80. The Kier molecular flexibility index (Phi) is 6.50. The SMILES string of the molecule is CC1CCCO1.CCC=O. The van der Waals surface area contributed by atoms with E-state index < -0.39 is 0 Å². The minimum absolute atomic E-state index is 0.546. The lowest BCUT2D eigenvalue weighted by Gasteiger charge is -1.94. The van der Waals surface area contributed by atoms with Crippen molar-refractivity contribution in [3.8, 4) is 0 Å². The first-order chi connectivity index (χ1) is 4.81. The molecule has 0 aromatic carbocycles. The third kappa shape index (κ3) is 5.76. The van der Waals surface area contributed by atoms with Crippen LogP contribution in [0.15, 0.2) is 0 Å². The molecular formula is C8H16O2. The van der Waals surface area contributed by atoms with Crippen molar-refractivity contribution in [2.75, 3.05) is 6.61 Å². The van der Waals surface area contributed by atoms with E-state index in [1.807, 2.05) is 6.92 Å². The van der Waals surface area contributed by atoms with Gasteiger partial charge in [0.1, 0.15) is 6.29 Å². The second-order valence-corrected chi connectivity index (χ2v) is 2.40. The fourth-order valence-electron chi connectivity index (χ4n) is 0.739. The summed E-state index contributed by atoms with van der Waals surface area (Å²) in [5, 5.41) is 0. The van der Waals surface area contributed by atoms with Crippen LogP contribution in [0.1, 0.15) is 33.1 Å². The molecule has 1 aliphatic heterocycles. The topological polar surface area (TPSA) is 26.3 Å². The molecule has 0 aromatic rings. The van der Waals surface area contributed by atoms with E-state index in [-0.39, 0.29) is 0 Å². The minimum Gasteiger partial charge on any atom is -0.379 e. The molecule has 1 unspecified atom stereocenters. The highest BCUT2D eigenvalue weighted by atomic mass is 16.5.